The minimum absolute atomic E-state index is 0.0216. The van der Waals surface area contributed by atoms with Crippen molar-refractivity contribution in [3.63, 3.8) is 0 Å². The van der Waals surface area contributed by atoms with Gasteiger partial charge in [-0.25, -0.2) is 0 Å². The van der Waals surface area contributed by atoms with Crippen LogP contribution < -0.4 is 11.1 Å². The Hall–Kier alpha value is -1.75. The molecule has 1 aromatic carbocycles. The van der Waals surface area contributed by atoms with Crippen LogP contribution in [0.4, 0.5) is 5.69 Å². The van der Waals surface area contributed by atoms with Gasteiger partial charge in [0.25, 0.3) is 5.91 Å². The normalized spacial score (nSPS) is 19.6. The number of carbonyl (C=O) groups excluding carboxylic acids is 1. The van der Waals surface area contributed by atoms with Gasteiger partial charge < -0.3 is 20.9 Å². The van der Waals surface area contributed by atoms with Gasteiger partial charge in [-0.2, -0.15) is 0 Å². The summed E-state index contributed by atoms with van der Waals surface area (Å²) in [6.45, 7) is 1.18. The molecule has 1 amide bonds. The van der Waals surface area contributed by atoms with E-state index in [1.165, 1.54) is 6.07 Å². The average Bonchev–Trinajstić information content (AvgIpc) is 2.74. The molecule has 1 aromatic rings. The number of nitrogen functional groups attached to an aromatic ring is 1. The van der Waals surface area contributed by atoms with Crippen LogP contribution in [0.5, 0.6) is 5.75 Å². The highest BCUT2D eigenvalue weighted by Gasteiger charge is 2.20. The number of benzene rings is 1. The topological polar surface area (TPSA) is 84.6 Å². The molecule has 2 rings (SSSR count). The fraction of sp³-hybridized carbons (Fsp3) is 0.364. The minimum Gasteiger partial charge on any atom is -0.505 e. The molecule has 0 radical (unpaired) electrons. The number of amides is 1. The Labute approximate surface area is 93.2 Å². The van der Waals surface area contributed by atoms with E-state index in [1.807, 2.05) is 0 Å². The third kappa shape index (κ3) is 2.09. The molecule has 1 fully saturated rings. The van der Waals surface area contributed by atoms with E-state index < -0.39 is 0 Å². The number of ether oxygens (including phenoxy) is 1. The molecular formula is C11H14N2O3. The van der Waals surface area contributed by atoms with Gasteiger partial charge in [0.05, 0.1) is 23.9 Å². The van der Waals surface area contributed by atoms with Crippen molar-refractivity contribution in [2.75, 3.05) is 18.9 Å². The van der Waals surface area contributed by atoms with Gasteiger partial charge in [-0.1, -0.05) is 6.07 Å². The summed E-state index contributed by atoms with van der Waals surface area (Å²) in [4.78, 5) is 11.8. The van der Waals surface area contributed by atoms with Gasteiger partial charge >= 0.3 is 0 Å². The van der Waals surface area contributed by atoms with Crippen LogP contribution in [-0.4, -0.2) is 30.3 Å². The Balaban J connectivity index is 2.11. The molecule has 1 saturated heterocycles. The van der Waals surface area contributed by atoms with Gasteiger partial charge in [0.1, 0.15) is 0 Å². The lowest BCUT2D eigenvalue weighted by molar-refractivity contribution is 0.0927. The summed E-state index contributed by atoms with van der Waals surface area (Å²) in [5.41, 5.74) is 5.92. The first-order valence-electron chi connectivity index (χ1n) is 5.14. The fourth-order valence-electron chi connectivity index (χ4n) is 1.66. The van der Waals surface area contributed by atoms with E-state index in [0.29, 0.717) is 13.2 Å². The van der Waals surface area contributed by atoms with Crippen molar-refractivity contribution in [1.82, 2.24) is 5.32 Å². The molecule has 0 bridgehead atoms. The van der Waals surface area contributed by atoms with Crippen LogP contribution in [-0.2, 0) is 4.74 Å². The predicted octanol–water partition coefficient (Wildman–Crippen LogP) is 0.493. The number of anilines is 1. The Morgan fingerprint density at radius 3 is 3.06 bits per heavy atom. The Morgan fingerprint density at radius 1 is 1.56 bits per heavy atom. The highest BCUT2D eigenvalue weighted by Crippen LogP contribution is 2.24. The Bertz CT molecular complexity index is 400. The molecule has 1 atom stereocenters. The number of aromatic hydroxyl groups is 1. The Kier molecular flexibility index (Phi) is 2.96. The quantitative estimate of drug-likeness (QED) is 0.502. The molecular weight excluding hydrogens is 208 g/mol. The number of para-hydroxylation sites is 1. The van der Waals surface area contributed by atoms with Gasteiger partial charge in [0, 0.05) is 6.61 Å². The molecule has 1 unspecified atom stereocenters. The van der Waals surface area contributed by atoms with Crippen LogP contribution in [0.25, 0.3) is 0 Å². The van der Waals surface area contributed by atoms with Crippen LogP contribution in [0.2, 0.25) is 0 Å². The molecule has 4 N–H and O–H groups in total. The molecule has 5 heteroatoms. The first-order chi connectivity index (χ1) is 7.68. The second-order valence-electron chi connectivity index (χ2n) is 3.78. The third-order valence-corrected chi connectivity index (χ3v) is 2.58. The maximum atomic E-state index is 11.8. The average molecular weight is 222 g/mol. The molecule has 1 heterocycles. The molecule has 1 aliphatic rings. The van der Waals surface area contributed by atoms with E-state index in [9.17, 15) is 9.90 Å². The number of nitrogens with one attached hydrogen (secondary N) is 1. The van der Waals surface area contributed by atoms with E-state index in [4.69, 9.17) is 10.5 Å². The summed E-state index contributed by atoms with van der Waals surface area (Å²) in [6, 6.07) is 4.74. The SMILES string of the molecule is Nc1cccc(C(=O)NC2CCOC2)c1O. The zero-order valence-electron chi connectivity index (χ0n) is 8.77. The van der Waals surface area contributed by atoms with Gasteiger partial charge in [0.2, 0.25) is 0 Å². The maximum absolute atomic E-state index is 11.8. The number of nitrogens with two attached hydrogens (primary N) is 1. The highest BCUT2D eigenvalue weighted by atomic mass is 16.5. The lowest BCUT2D eigenvalue weighted by atomic mass is 10.1. The first-order valence-corrected chi connectivity index (χ1v) is 5.14. The van der Waals surface area contributed by atoms with Crippen LogP contribution in [0.1, 0.15) is 16.8 Å². The fourth-order valence-corrected chi connectivity index (χ4v) is 1.66. The van der Waals surface area contributed by atoms with Gasteiger partial charge in [0.15, 0.2) is 5.75 Å². The van der Waals surface area contributed by atoms with Crippen LogP contribution in [0, 0.1) is 0 Å². The molecule has 1 aliphatic heterocycles. The monoisotopic (exact) mass is 222 g/mol. The number of hydrogen-bond donors (Lipinski definition) is 3. The number of hydrogen-bond acceptors (Lipinski definition) is 4. The first kappa shape index (κ1) is 10.8. The minimum atomic E-state index is -0.319. The zero-order chi connectivity index (χ0) is 11.5. The maximum Gasteiger partial charge on any atom is 0.255 e. The summed E-state index contributed by atoms with van der Waals surface area (Å²) in [5.74, 6) is -0.487. The third-order valence-electron chi connectivity index (χ3n) is 2.58. The number of phenolic OH excluding ortho intramolecular Hbond substituents is 1. The van der Waals surface area contributed by atoms with E-state index in [2.05, 4.69) is 5.32 Å². The van der Waals surface area contributed by atoms with Crippen LogP contribution in [0.15, 0.2) is 18.2 Å². The van der Waals surface area contributed by atoms with Gasteiger partial charge in [-0.3, -0.25) is 4.79 Å². The summed E-state index contributed by atoms with van der Waals surface area (Å²) in [7, 11) is 0. The highest BCUT2D eigenvalue weighted by molar-refractivity contribution is 5.98. The molecule has 0 spiro atoms. The predicted molar refractivity (Wildman–Crippen MR) is 59.2 cm³/mol. The van der Waals surface area contributed by atoms with Crippen molar-refractivity contribution in [3.05, 3.63) is 23.8 Å². The van der Waals surface area contributed by atoms with Crippen LogP contribution in [0.3, 0.4) is 0 Å². The molecule has 0 aromatic heterocycles. The molecule has 5 nitrogen and oxygen atoms in total. The van der Waals surface area contributed by atoms with Crippen molar-refractivity contribution in [2.45, 2.75) is 12.5 Å². The van der Waals surface area contributed by atoms with Crippen molar-refractivity contribution in [1.29, 1.82) is 0 Å². The largest absolute Gasteiger partial charge is 0.505 e. The lowest BCUT2D eigenvalue weighted by Crippen LogP contribution is -2.35. The summed E-state index contributed by atoms with van der Waals surface area (Å²) >= 11 is 0. The molecule has 0 aliphatic carbocycles. The molecule has 0 saturated carbocycles. The van der Waals surface area contributed by atoms with Gasteiger partial charge in [-0.05, 0) is 18.6 Å². The summed E-state index contributed by atoms with van der Waals surface area (Å²) < 4.78 is 5.15. The Morgan fingerprint density at radius 2 is 2.38 bits per heavy atom. The van der Waals surface area contributed by atoms with E-state index in [0.717, 1.165) is 6.42 Å². The smallest absolute Gasteiger partial charge is 0.255 e. The van der Waals surface area contributed by atoms with Crippen molar-refractivity contribution in [3.8, 4) is 5.75 Å². The number of carbonyl (C=O) groups is 1. The second-order valence-corrected chi connectivity index (χ2v) is 3.78. The van der Waals surface area contributed by atoms with E-state index >= 15 is 0 Å². The van der Waals surface area contributed by atoms with Crippen molar-refractivity contribution >= 4 is 11.6 Å². The lowest BCUT2D eigenvalue weighted by Gasteiger charge is -2.12. The van der Waals surface area contributed by atoms with Crippen molar-refractivity contribution < 1.29 is 14.6 Å². The second kappa shape index (κ2) is 4.40. The summed E-state index contributed by atoms with van der Waals surface area (Å²) in [5, 5.41) is 12.4. The van der Waals surface area contributed by atoms with E-state index in [1.54, 1.807) is 12.1 Å². The standard InChI is InChI=1S/C11H14N2O3/c12-9-3-1-2-8(10(9)14)11(15)13-7-4-5-16-6-7/h1-3,7,14H,4-6,12H2,(H,13,15). The zero-order valence-corrected chi connectivity index (χ0v) is 8.77. The summed E-state index contributed by atoms with van der Waals surface area (Å²) in [6.07, 6.45) is 0.800. The van der Waals surface area contributed by atoms with E-state index in [-0.39, 0.29) is 28.9 Å². The molecule has 16 heavy (non-hydrogen) atoms. The number of phenols is 1. The van der Waals surface area contributed by atoms with Gasteiger partial charge in [-0.15, -0.1) is 0 Å². The molecule has 86 valence electrons. The number of rotatable bonds is 2. The van der Waals surface area contributed by atoms with Crippen molar-refractivity contribution in [2.24, 2.45) is 0 Å². The van der Waals surface area contributed by atoms with Crippen LogP contribution >= 0.6 is 0 Å².